The summed E-state index contributed by atoms with van der Waals surface area (Å²) in [4.78, 5) is 37.6. The highest BCUT2D eigenvalue weighted by atomic mass is 79.9. The molecule has 0 spiro atoms. The van der Waals surface area contributed by atoms with Crippen molar-refractivity contribution in [1.82, 2.24) is 4.90 Å². The maximum Gasteiger partial charge on any atom is 0.416 e. The molecule has 0 saturated heterocycles. The van der Waals surface area contributed by atoms with Gasteiger partial charge in [0.15, 0.2) is 0 Å². The molecule has 0 aromatic heterocycles. The number of halogens is 4. The molecule has 0 unspecified atom stereocenters. The molecule has 1 N–H and O–H groups in total. The molecule has 0 atom stereocenters. The third kappa shape index (κ3) is 4.02. The summed E-state index contributed by atoms with van der Waals surface area (Å²) >= 11 is 3.22. The number of alkyl halides is 3. The topological polar surface area (TPSA) is 66.5 Å². The number of carbonyl (C=O) groups is 3. The van der Waals surface area contributed by atoms with Crippen LogP contribution < -0.4 is 5.32 Å². The molecule has 27 heavy (non-hydrogen) atoms. The molecule has 140 valence electrons. The first kappa shape index (κ1) is 19.1. The Bertz CT molecular complexity index is 944. The van der Waals surface area contributed by atoms with E-state index < -0.39 is 29.5 Å². The lowest BCUT2D eigenvalue weighted by atomic mass is 10.1. The van der Waals surface area contributed by atoms with Gasteiger partial charge in [-0.3, -0.25) is 19.3 Å². The highest BCUT2D eigenvalue weighted by Crippen LogP contribution is 2.31. The molecule has 0 radical (unpaired) electrons. The summed E-state index contributed by atoms with van der Waals surface area (Å²) in [5, 5.41) is 2.34. The molecular weight excluding hydrogens is 429 g/mol. The maximum atomic E-state index is 12.7. The van der Waals surface area contributed by atoms with Gasteiger partial charge in [-0.25, -0.2) is 0 Å². The van der Waals surface area contributed by atoms with Gasteiger partial charge in [-0.2, -0.15) is 13.2 Å². The van der Waals surface area contributed by atoms with Crippen LogP contribution in [0, 0.1) is 0 Å². The van der Waals surface area contributed by atoms with Crippen molar-refractivity contribution in [3.8, 4) is 0 Å². The molecular formula is C18H12BrF3N2O3. The third-order valence-electron chi connectivity index (χ3n) is 3.97. The molecule has 9 heteroatoms. The van der Waals surface area contributed by atoms with Crippen LogP contribution in [0.15, 0.2) is 46.9 Å². The van der Waals surface area contributed by atoms with Crippen LogP contribution in [0.3, 0.4) is 0 Å². The van der Waals surface area contributed by atoms with Crippen molar-refractivity contribution in [3.05, 3.63) is 63.6 Å². The predicted molar refractivity (Wildman–Crippen MR) is 94.2 cm³/mol. The zero-order valence-electron chi connectivity index (χ0n) is 13.6. The summed E-state index contributed by atoms with van der Waals surface area (Å²) in [5.74, 6) is -1.62. The van der Waals surface area contributed by atoms with Crippen LogP contribution in [0.1, 0.15) is 32.7 Å². The van der Waals surface area contributed by atoms with Gasteiger partial charge in [0, 0.05) is 23.1 Å². The highest BCUT2D eigenvalue weighted by Gasteiger charge is 2.35. The van der Waals surface area contributed by atoms with E-state index in [1.165, 1.54) is 24.3 Å². The Labute approximate surface area is 160 Å². The number of rotatable bonds is 4. The zero-order valence-corrected chi connectivity index (χ0v) is 15.2. The lowest BCUT2D eigenvalue weighted by molar-refractivity contribution is -0.137. The van der Waals surface area contributed by atoms with Gasteiger partial charge in [0.1, 0.15) is 0 Å². The summed E-state index contributed by atoms with van der Waals surface area (Å²) in [5.41, 5.74) is -0.401. The van der Waals surface area contributed by atoms with Crippen molar-refractivity contribution < 1.29 is 27.6 Å². The number of anilines is 1. The molecule has 1 aliphatic rings. The number of hydrogen-bond acceptors (Lipinski definition) is 3. The Morgan fingerprint density at radius 2 is 1.74 bits per heavy atom. The van der Waals surface area contributed by atoms with E-state index >= 15 is 0 Å². The van der Waals surface area contributed by atoms with Gasteiger partial charge in [0.05, 0.1) is 16.7 Å². The van der Waals surface area contributed by atoms with Gasteiger partial charge in [-0.15, -0.1) is 0 Å². The van der Waals surface area contributed by atoms with Crippen LogP contribution >= 0.6 is 15.9 Å². The summed E-state index contributed by atoms with van der Waals surface area (Å²) < 4.78 is 38.8. The minimum atomic E-state index is -4.52. The van der Waals surface area contributed by atoms with Gasteiger partial charge >= 0.3 is 6.18 Å². The van der Waals surface area contributed by atoms with E-state index in [-0.39, 0.29) is 29.8 Å². The fraction of sp³-hybridized carbons (Fsp3) is 0.167. The quantitative estimate of drug-likeness (QED) is 0.728. The van der Waals surface area contributed by atoms with Gasteiger partial charge < -0.3 is 5.32 Å². The number of carbonyl (C=O) groups excluding carboxylic acids is 3. The molecule has 0 bridgehead atoms. The number of imide groups is 1. The normalized spacial score (nSPS) is 13.7. The Morgan fingerprint density at radius 3 is 2.44 bits per heavy atom. The number of benzene rings is 2. The summed E-state index contributed by atoms with van der Waals surface area (Å²) in [6.45, 7) is -0.172. The van der Waals surface area contributed by atoms with Crippen molar-refractivity contribution in [3.63, 3.8) is 0 Å². The standard InChI is InChI=1S/C18H12BrF3N2O3/c19-11-4-5-13-14(9-11)17(27)24(16(13)26)7-6-15(25)23-12-3-1-2-10(8-12)18(20,21)22/h1-5,8-9H,6-7H2,(H,23,25). The first-order chi connectivity index (χ1) is 12.7. The smallest absolute Gasteiger partial charge is 0.326 e. The lowest BCUT2D eigenvalue weighted by Crippen LogP contribution is -2.32. The molecule has 1 heterocycles. The van der Waals surface area contributed by atoms with Gasteiger partial charge in [-0.05, 0) is 36.4 Å². The fourth-order valence-corrected chi connectivity index (χ4v) is 3.04. The first-order valence-corrected chi connectivity index (χ1v) is 8.59. The minimum absolute atomic E-state index is 0.0129. The number of fused-ring (bicyclic) bond motifs is 1. The van der Waals surface area contributed by atoms with Crippen molar-refractivity contribution >= 4 is 39.3 Å². The number of nitrogens with one attached hydrogen (secondary N) is 1. The second kappa shape index (κ2) is 7.15. The number of hydrogen-bond donors (Lipinski definition) is 1. The highest BCUT2D eigenvalue weighted by molar-refractivity contribution is 9.10. The van der Waals surface area contributed by atoms with E-state index in [1.54, 1.807) is 6.07 Å². The van der Waals surface area contributed by atoms with Gasteiger partial charge in [-0.1, -0.05) is 22.0 Å². The SMILES string of the molecule is O=C(CCN1C(=O)c2ccc(Br)cc2C1=O)Nc1cccc(C(F)(F)F)c1. The molecule has 2 aromatic carbocycles. The van der Waals surface area contributed by atoms with Crippen LogP contribution in [-0.4, -0.2) is 29.2 Å². The van der Waals surface area contributed by atoms with E-state index in [2.05, 4.69) is 21.2 Å². The van der Waals surface area contributed by atoms with Gasteiger partial charge in [0.2, 0.25) is 5.91 Å². The maximum absolute atomic E-state index is 12.7. The number of nitrogens with zero attached hydrogens (tertiary/aromatic N) is 1. The molecule has 3 rings (SSSR count). The second-order valence-electron chi connectivity index (χ2n) is 5.83. The van der Waals surface area contributed by atoms with Crippen molar-refractivity contribution in [2.45, 2.75) is 12.6 Å². The molecule has 2 aromatic rings. The summed E-state index contributed by atoms with van der Waals surface area (Å²) in [6.07, 6.45) is -4.75. The minimum Gasteiger partial charge on any atom is -0.326 e. The van der Waals surface area contributed by atoms with E-state index in [9.17, 15) is 27.6 Å². The Balaban J connectivity index is 1.64. The first-order valence-electron chi connectivity index (χ1n) is 7.79. The van der Waals surface area contributed by atoms with E-state index in [1.807, 2.05) is 0 Å². The van der Waals surface area contributed by atoms with Crippen molar-refractivity contribution in [2.75, 3.05) is 11.9 Å². The predicted octanol–water partition coefficient (Wildman–Crippen LogP) is 4.09. The van der Waals surface area contributed by atoms with E-state index in [0.29, 0.717) is 4.47 Å². The van der Waals surface area contributed by atoms with Crippen molar-refractivity contribution in [1.29, 1.82) is 0 Å². The molecule has 5 nitrogen and oxygen atoms in total. The van der Waals surface area contributed by atoms with E-state index in [4.69, 9.17) is 0 Å². The van der Waals surface area contributed by atoms with E-state index in [0.717, 1.165) is 17.0 Å². The second-order valence-corrected chi connectivity index (χ2v) is 6.74. The number of amides is 3. The average molecular weight is 441 g/mol. The third-order valence-corrected chi connectivity index (χ3v) is 4.46. The van der Waals surface area contributed by atoms with Crippen LogP contribution in [0.5, 0.6) is 0 Å². The molecule has 3 amide bonds. The molecule has 0 fully saturated rings. The molecule has 0 saturated carbocycles. The summed E-state index contributed by atoms with van der Waals surface area (Å²) in [7, 11) is 0. The van der Waals surface area contributed by atoms with Gasteiger partial charge in [0.25, 0.3) is 11.8 Å². The molecule has 1 aliphatic heterocycles. The van der Waals surface area contributed by atoms with Crippen LogP contribution in [0.25, 0.3) is 0 Å². The van der Waals surface area contributed by atoms with Crippen molar-refractivity contribution in [2.24, 2.45) is 0 Å². The average Bonchev–Trinajstić information content (AvgIpc) is 2.83. The zero-order chi connectivity index (χ0) is 19.8. The Morgan fingerprint density at radius 1 is 1.04 bits per heavy atom. The Kier molecular flexibility index (Phi) is 5.05. The summed E-state index contributed by atoms with van der Waals surface area (Å²) in [6, 6.07) is 8.89. The monoisotopic (exact) mass is 440 g/mol. The van der Waals surface area contributed by atoms with Crippen LogP contribution in [0.2, 0.25) is 0 Å². The largest absolute Gasteiger partial charge is 0.416 e. The fourth-order valence-electron chi connectivity index (χ4n) is 2.68. The van der Waals surface area contributed by atoms with Crippen LogP contribution in [-0.2, 0) is 11.0 Å². The lowest BCUT2D eigenvalue weighted by Gasteiger charge is -2.14. The van der Waals surface area contributed by atoms with Crippen LogP contribution in [0.4, 0.5) is 18.9 Å². The Hall–Kier alpha value is -2.68. The molecule has 0 aliphatic carbocycles.